The Labute approximate surface area is 101 Å². The van der Waals surface area contributed by atoms with E-state index in [4.69, 9.17) is 9.15 Å². The van der Waals surface area contributed by atoms with Gasteiger partial charge in [-0.15, -0.1) is 0 Å². The van der Waals surface area contributed by atoms with Crippen LogP contribution in [0.1, 0.15) is 12.0 Å². The summed E-state index contributed by atoms with van der Waals surface area (Å²) in [5.74, 6) is 0. The van der Waals surface area contributed by atoms with Crippen LogP contribution >= 0.6 is 0 Å². The minimum absolute atomic E-state index is 0.711. The lowest BCUT2D eigenvalue weighted by atomic mass is 10.2. The summed E-state index contributed by atoms with van der Waals surface area (Å²) in [4.78, 5) is 0. The summed E-state index contributed by atoms with van der Waals surface area (Å²) < 4.78 is 10.5. The monoisotopic (exact) mass is 231 g/mol. The summed E-state index contributed by atoms with van der Waals surface area (Å²) in [5, 5.41) is 4.55. The van der Waals surface area contributed by atoms with E-state index >= 15 is 0 Å². The Kier molecular flexibility index (Phi) is 4.22. The average Bonchev–Trinajstić information content (AvgIpc) is 2.77. The number of nitrogens with one attached hydrogen (secondary N) is 1. The Hall–Kier alpha value is -1.74. The molecule has 0 aliphatic carbocycles. The van der Waals surface area contributed by atoms with Crippen molar-refractivity contribution < 1.29 is 9.15 Å². The fraction of sp³-hybridized carbons (Fsp3) is 0.286. The number of hydrogen-bond acceptors (Lipinski definition) is 3. The molecule has 2 rings (SSSR count). The summed E-state index contributed by atoms with van der Waals surface area (Å²) >= 11 is 0. The summed E-state index contributed by atoms with van der Waals surface area (Å²) in [6.45, 7) is 5.96. The highest BCUT2D eigenvalue weighted by Crippen LogP contribution is 2.20. The molecule has 0 fully saturated rings. The highest BCUT2D eigenvalue weighted by Gasteiger charge is 2.03. The van der Waals surface area contributed by atoms with Crippen molar-refractivity contribution in [2.24, 2.45) is 0 Å². The second-order valence-corrected chi connectivity index (χ2v) is 3.82. The maximum Gasteiger partial charge on any atom is 0.134 e. The molecule has 1 heterocycles. The second kappa shape index (κ2) is 6.11. The van der Waals surface area contributed by atoms with Crippen LogP contribution in [0.5, 0.6) is 0 Å². The molecule has 3 heteroatoms. The van der Waals surface area contributed by atoms with E-state index in [1.54, 1.807) is 0 Å². The maximum atomic E-state index is 5.47. The molecule has 0 saturated carbocycles. The fourth-order valence-electron chi connectivity index (χ4n) is 1.76. The third kappa shape index (κ3) is 3.11. The molecule has 1 N–H and O–H groups in total. The Morgan fingerprint density at radius 3 is 3.12 bits per heavy atom. The SMILES string of the molecule is C=COCCCNCc1coc2ccccc12. The standard InChI is InChI=1S/C14H17NO2/c1-2-16-9-5-8-15-10-12-11-17-14-7-4-3-6-13(12)14/h2-4,6-7,11,15H,1,5,8-10H2. The summed E-state index contributed by atoms with van der Waals surface area (Å²) in [6, 6.07) is 8.07. The summed E-state index contributed by atoms with van der Waals surface area (Å²) in [7, 11) is 0. The van der Waals surface area contributed by atoms with E-state index in [9.17, 15) is 0 Å². The van der Waals surface area contributed by atoms with Crippen molar-refractivity contribution in [1.82, 2.24) is 5.32 Å². The molecule has 0 radical (unpaired) electrons. The molecule has 0 amide bonds. The Bertz CT molecular complexity index is 476. The molecule has 1 aromatic carbocycles. The van der Waals surface area contributed by atoms with Crippen molar-refractivity contribution >= 4 is 11.0 Å². The van der Waals surface area contributed by atoms with Gasteiger partial charge in [0.05, 0.1) is 19.1 Å². The highest BCUT2D eigenvalue weighted by molar-refractivity contribution is 5.80. The normalized spacial score (nSPS) is 10.6. The number of hydrogen-bond donors (Lipinski definition) is 1. The maximum absolute atomic E-state index is 5.47. The van der Waals surface area contributed by atoms with Gasteiger partial charge in [-0.05, 0) is 19.0 Å². The van der Waals surface area contributed by atoms with Crippen LogP contribution in [0.25, 0.3) is 11.0 Å². The van der Waals surface area contributed by atoms with E-state index in [1.165, 1.54) is 17.2 Å². The number of para-hydroxylation sites is 1. The molecule has 0 aliphatic rings. The molecular formula is C14H17NO2. The van der Waals surface area contributed by atoms with Gasteiger partial charge in [0.1, 0.15) is 5.58 Å². The van der Waals surface area contributed by atoms with Crippen molar-refractivity contribution in [3.8, 4) is 0 Å². The van der Waals surface area contributed by atoms with Crippen molar-refractivity contribution in [1.29, 1.82) is 0 Å². The molecule has 0 aliphatic heterocycles. The lowest BCUT2D eigenvalue weighted by Crippen LogP contribution is -2.15. The zero-order valence-electron chi connectivity index (χ0n) is 9.82. The van der Waals surface area contributed by atoms with Crippen molar-refractivity contribution in [3.63, 3.8) is 0 Å². The van der Waals surface area contributed by atoms with Crippen LogP contribution in [0, 0.1) is 0 Å². The van der Waals surface area contributed by atoms with Gasteiger partial charge in [-0.1, -0.05) is 24.8 Å². The van der Waals surface area contributed by atoms with Crippen LogP contribution in [0.2, 0.25) is 0 Å². The number of benzene rings is 1. The fourth-order valence-corrected chi connectivity index (χ4v) is 1.76. The minimum Gasteiger partial charge on any atom is -0.502 e. The summed E-state index contributed by atoms with van der Waals surface area (Å²) in [6.07, 6.45) is 4.27. The molecule has 0 spiro atoms. The number of ether oxygens (including phenoxy) is 1. The van der Waals surface area contributed by atoms with Crippen LogP contribution in [-0.4, -0.2) is 13.2 Å². The van der Waals surface area contributed by atoms with Gasteiger partial charge in [-0.25, -0.2) is 0 Å². The molecule has 3 nitrogen and oxygen atoms in total. The Morgan fingerprint density at radius 2 is 2.24 bits per heavy atom. The first kappa shape index (κ1) is 11.7. The zero-order valence-corrected chi connectivity index (χ0v) is 9.82. The van der Waals surface area contributed by atoms with E-state index < -0.39 is 0 Å². The lowest BCUT2D eigenvalue weighted by molar-refractivity contribution is 0.244. The lowest BCUT2D eigenvalue weighted by Gasteiger charge is -2.03. The van der Waals surface area contributed by atoms with Crippen LogP contribution in [0.3, 0.4) is 0 Å². The van der Waals surface area contributed by atoms with Gasteiger partial charge < -0.3 is 14.5 Å². The van der Waals surface area contributed by atoms with Crippen LogP contribution in [0.4, 0.5) is 0 Å². The minimum atomic E-state index is 0.711. The van der Waals surface area contributed by atoms with Crippen LogP contribution in [0.15, 0.2) is 47.8 Å². The zero-order chi connectivity index (χ0) is 11.9. The first-order chi connectivity index (χ1) is 8.42. The molecular weight excluding hydrogens is 214 g/mol. The van der Waals surface area contributed by atoms with Gasteiger partial charge in [0, 0.05) is 17.5 Å². The average molecular weight is 231 g/mol. The molecule has 0 unspecified atom stereocenters. The van der Waals surface area contributed by atoms with Gasteiger partial charge in [0.25, 0.3) is 0 Å². The number of furan rings is 1. The van der Waals surface area contributed by atoms with Crippen molar-refractivity contribution in [3.05, 3.63) is 48.9 Å². The first-order valence-electron chi connectivity index (χ1n) is 5.80. The molecule has 17 heavy (non-hydrogen) atoms. The third-order valence-electron chi connectivity index (χ3n) is 2.61. The molecule has 0 saturated heterocycles. The topological polar surface area (TPSA) is 34.4 Å². The largest absolute Gasteiger partial charge is 0.502 e. The van der Waals surface area contributed by atoms with E-state index in [0.717, 1.165) is 25.1 Å². The first-order valence-corrected chi connectivity index (χ1v) is 5.80. The molecule has 0 atom stereocenters. The van der Waals surface area contributed by atoms with Crippen molar-refractivity contribution in [2.75, 3.05) is 13.2 Å². The predicted octanol–water partition coefficient (Wildman–Crippen LogP) is 3.07. The highest BCUT2D eigenvalue weighted by atomic mass is 16.5. The van der Waals surface area contributed by atoms with Gasteiger partial charge in [0.15, 0.2) is 0 Å². The second-order valence-electron chi connectivity index (χ2n) is 3.82. The molecule has 2 aromatic rings. The quantitative estimate of drug-likeness (QED) is 0.587. The van der Waals surface area contributed by atoms with E-state index in [1.807, 2.05) is 24.5 Å². The Balaban J connectivity index is 1.81. The summed E-state index contributed by atoms with van der Waals surface area (Å²) in [5.41, 5.74) is 2.14. The van der Waals surface area contributed by atoms with E-state index in [0.29, 0.717) is 6.61 Å². The molecule has 1 aromatic heterocycles. The van der Waals surface area contributed by atoms with Gasteiger partial charge in [0.2, 0.25) is 0 Å². The van der Waals surface area contributed by atoms with E-state index in [-0.39, 0.29) is 0 Å². The van der Waals surface area contributed by atoms with Gasteiger partial charge in [-0.3, -0.25) is 0 Å². The Morgan fingerprint density at radius 1 is 1.35 bits per heavy atom. The molecule has 0 bridgehead atoms. The number of rotatable bonds is 7. The number of fused-ring (bicyclic) bond motifs is 1. The van der Waals surface area contributed by atoms with Crippen LogP contribution < -0.4 is 5.32 Å². The van der Waals surface area contributed by atoms with Crippen LogP contribution in [-0.2, 0) is 11.3 Å². The van der Waals surface area contributed by atoms with Gasteiger partial charge in [-0.2, -0.15) is 0 Å². The smallest absolute Gasteiger partial charge is 0.134 e. The van der Waals surface area contributed by atoms with Gasteiger partial charge >= 0.3 is 0 Å². The van der Waals surface area contributed by atoms with E-state index in [2.05, 4.69) is 18.0 Å². The predicted molar refractivity (Wildman–Crippen MR) is 68.7 cm³/mol. The third-order valence-corrected chi connectivity index (χ3v) is 2.61. The molecule has 90 valence electrons. The van der Waals surface area contributed by atoms with Crippen molar-refractivity contribution in [2.45, 2.75) is 13.0 Å².